The minimum absolute atomic E-state index is 0.446. The lowest BCUT2D eigenvalue weighted by Crippen LogP contribution is -2.04. The van der Waals surface area contributed by atoms with Crippen LogP contribution in [0, 0.1) is 11.8 Å². The normalized spacial score (nSPS) is 9.42. The zero-order valence-corrected chi connectivity index (χ0v) is 7.47. The number of rotatable bonds is 4. The molecule has 0 spiro atoms. The molecule has 0 aliphatic rings. The molecule has 0 aromatic heterocycles. The van der Waals surface area contributed by atoms with E-state index in [9.17, 15) is 4.79 Å². The summed E-state index contributed by atoms with van der Waals surface area (Å²) in [6, 6.07) is 0. The lowest BCUT2D eigenvalue weighted by atomic mass is 10.2. The molecule has 0 fully saturated rings. The van der Waals surface area contributed by atoms with Gasteiger partial charge in [0.1, 0.15) is 0 Å². The van der Waals surface area contributed by atoms with Crippen molar-refractivity contribution in [3.63, 3.8) is 0 Å². The summed E-state index contributed by atoms with van der Waals surface area (Å²) >= 11 is 0. The molecule has 2 heteroatoms. The number of unbranched alkanes of at least 4 members (excludes halogenated alkanes) is 3. The third-order valence-electron chi connectivity index (χ3n) is 1.34. The van der Waals surface area contributed by atoms with Crippen molar-refractivity contribution in [3.05, 3.63) is 12.2 Å². The summed E-state index contributed by atoms with van der Waals surface area (Å²) in [4.78, 5) is 10.2. The number of primary amides is 1. The van der Waals surface area contributed by atoms with Crippen LogP contribution < -0.4 is 5.73 Å². The topological polar surface area (TPSA) is 43.1 Å². The van der Waals surface area contributed by atoms with Crippen LogP contribution in [-0.2, 0) is 4.79 Å². The SMILES string of the molecule is CCCCCC#CC=CC(N)=O. The second kappa shape index (κ2) is 7.87. The van der Waals surface area contributed by atoms with Gasteiger partial charge in [-0.25, -0.2) is 0 Å². The number of nitrogens with two attached hydrogens (primary N) is 1. The van der Waals surface area contributed by atoms with E-state index in [0.717, 1.165) is 12.8 Å². The second-order valence-corrected chi connectivity index (χ2v) is 2.51. The largest absolute Gasteiger partial charge is 0.366 e. The van der Waals surface area contributed by atoms with Crippen molar-refractivity contribution in [2.75, 3.05) is 0 Å². The summed E-state index contributed by atoms with van der Waals surface area (Å²) in [7, 11) is 0. The number of hydrogen-bond donors (Lipinski definition) is 1. The average Bonchev–Trinajstić information content (AvgIpc) is 2.02. The maximum atomic E-state index is 10.2. The van der Waals surface area contributed by atoms with Crippen LogP contribution in [0.25, 0.3) is 0 Å². The van der Waals surface area contributed by atoms with E-state index in [2.05, 4.69) is 18.8 Å². The van der Waals surface area contributed by atoms with Crippen LogP contribution in [0.5, 0.6) is 0 Å². The summed E-state index contributed by atoms with van der Waals surface area (Å²) in [6.07, 6.45) is 7.22. The van der Waals surface area contributed by atoms with Gasteiger partial charge in [0.05, 0.1) is 0 Å². The van der Waals surface area contributed by atoms with Gasteiger partial charge in [-0.1, -0.05) is 31.6 Å². The second-order valence-electron chi connectivity index (χ2n) is 2.51. The molecular formula is C10H15NO. The van der Waals surface area contributed by atoms with Gasteiger partial charge < -0.3 is 5.73 Å². The van der Waals surface area contributed by atoms with Crippen LogP contribution in [0.4, 0.5) is 0 Å². The van der Waals surface area contributed by atoms with Crippen LogP contribution in [0.2, 0.25) is 0 Å². The van der Waals surface area contributed by atoms with Crippen LogP contribution in [-0.4, -0.2) is 5.91 Å². The molecule has 0 bridgehead atoms. The quantitative estimate of drug-likeness (QED) is 0.384. The molecule has 12 heavy (non-hydrogen) atoms. The minimum atomic E-state index is -0.446. The minimum Gasteiger partial charge on any atom is -0.366 e. The molecule has 0 rings (SSSR count). The first-order valence-electron chi connectivity index (χ1n) is 4.21. The zero-order valence-electron chi connectivity index (χ0n) is 7.47. The first kappa shape index (κ1) is 10.8. The van der Waals surface area contributed by atoms with E-state index < -0.39 is 5.91 Å². The number of amides is 1. The molecule has 0 aromatic rings. The number of carbonyl (C=O) groups is 1. The number of carbonyl (C=O) groups excluding carboxylic acids is 1. The summed E-state index contributed by atoms with van der Waals surface area (Å²) in [5.41, 5.74) is 4.86. The Morgan fingerprint density at radius 2 is 2.25 bits per heavy atom. The molecule has 1 amide bonds. The third kappa shape index (κ3) is 8.77. The highest BCUT2D eigenvalue weighted by molar-refractivity contribution is 5.86. The molecule has 0 heterocycles. The highest BCUT2D eigenvalue weighted by Crippen LogP contribution is 1.96. The van der Waals surface area contributed by atoms with E-state index in [1.165, 1.54) is 25.0 Å². The average molecular weight is 165 g/mol. The first-order valence-corrected chi connectivity index (χ1v) is 4.21. The smallest absolute Gasteiger partial charge is 0.242 e. The van der Waals surface area contributed by atoms with Gasteiger partial charge in [0.2, 0.25) is 5.91 Å². The van der Waals surface area contributed by atoms with Gasteiger partial charge in [-0.05, 0) is 12.5 Å². The molecule has 0 radical (unpaired) electrons. The van der Waals surface area contributed by atoms with Gasteiger partial charge in [0.15, 0.2) is 0 Å². The van der Waals surface area contributed by atoms with Gasteiger partial charge in [0, 0.05) is 12.5 Å². The van der Waals surface area contributed by atoms with Gasteiger partial charge in [-0.15, -0.1) is 0 Å². The van der Waals surface area contributed by atoms with Crippen molar-refractivity contribution in [2.24, 2.45) is 5.73 Å². The maximum absolute atomic E-state index is 10.2. The van der Waals surface area contributed by atoms with Gasteiger partial charge in [0.25, 0.3) is 0 Å². The van der Waals surface area contributed by atoms with Crippen molar-refractivity contribution in [3.8, 4) is 11.8 Å². The Kier molecular flexibility index (Phi) is 7.07. The highest BCUT2D eigenvalue weighted by Gasteiger charge is 1.80. The molecule has 2 nitrogen and oxygen atoms in total. The molecule has 0 saturated carbocycles. The van der Waals surface area contributed by atoms with E-state index in [4.69, 9.17) is 5.73 Å². The highest BCUT2D eigenvalue weighted by atomic mass is 16.1. The Hall–Kier alpha value is -1.23. The Balaban J connectivity index is 3.40. The lowest BCUT2D eigenvalue weighted by Gasteiger charge is -1.87. The molecular weight excluding hydrogens is 150 g/mol. The Bertz CT molecular complexity index is 208. The van der Waals surface area contributed by atoms with Crippen LogP contribution >= 0.6 is 0 Å². The standard InChI is InChI=1S/C10H15NO/c1-2-3-4-5-6-7-8-9-10(11)12/h8-9H,2-5H2,1H3,(H2,11,12). The zero-order chi connectivity index (χ0) is 9.23. The Morgan fingerprint density at radius 3 is 2.83 bits per heavy atom. The molecule has 0 aromatic carbocycles. The molecule has 0 atom stereocenters. The van der Waals surface area contributed by atoms with E-state index in [1.54, 1.807) is 0 Å². The van der Waals surface area contributed by atoms with E-state index in [-0.39, 0.29) is 0 Å². The molecule has 0 unspecified atom stereocenters. The summed E-state index contributed by atoms with van der Waals surface area (Å²) in [6.45, 7) is 2.15. The van der Waals surface area contributed by atoms with Crippen LogP contribution in [0.15, 0.2) is 12.2 Å². The van der Waals surface area contributed by atoms with Crippen molar-refractivity contribution < 1.29 is 4.79 Å². The van der Waals surface area contributed by atoms with Crippen molar-refractivity contribution in [1.82, 2.24) is 0 Å². The summed E-state index contributed by atoms with van der Waals surface area (Å²) in [5.74, 6) is 5.23. The van der Waals surface area contributed by atoms with Crippen molar-refractivity contribution >= 4 is 5.91 Å². The van der Waals surface area contributed by atoms with Crippen molar-refractivity contribution in [1.29, 1.82) is 0 Å². The predicted molar refractivity (Wildman–Crippen MR) is 50.3 cm³/mol. The molecule has 66 valence electrons. The Labute approximate surface area is 73.8 Å². The molecule has 0 aliphatic heterocycles. The van der Waals surface area contributed by atoms with Crippen LogP contribution in [0.3, 0.4) is 0 Å². The molecule has 2 N–H and O–H groups in total. The fraction of sp³-hybridized carbons (Fsp3) is 0.500. The fourth-order valence-electron chi connectivity index (χ4n) is 0.718. The molecule has 0 saturated heterocycles. The van der Waals surface area contributed by atoms with E-state index in [0.29, 0.717) is 0 Å². The van der Waals surface area contributed by atoms with Crippen LogP contribution in [0.1, 0.15) is 32.6 Å². The van der Waals surface area contributed by atoms with Gasteiger partial charge >= 0.3 is 0 Å². The van der Waals surface area contributed by atoms with Gasteiger partial charge in [-0.2, -0.15) is 0 Å². The first-order chi connectivity index (χ1) is 5.77. The maximum Gasteiger partial charge on any atom is 0.242 e. The Morgan fingerprint density at radius 1 is 1.50 bits per heavy atom. The number of allylic oxidation sites excluding steroid dienone is 1. The fourth-order valence-corrected chi connectivity index (χ4v) is 0.718. The van der Waals surface area contributed by atoms with E-state index in [1.807, 2.05) is 0 Å². The number of hydrogen-bond acceptors (Lipinski definition) is 1. The monoisotopic (exact) mass is 165 g/mol. The third-order valence-corrected chi connectivity index (χ3v) is 1.34. The predicted octanol–water partition coefficient (Wildman–Crippen LogP) is 1.61. The summed E-state index contributed by atoms with van der Waals surface area (Å²) < 4.78 is 0. The summed E-state index contributed by atoms with van der Waals surface area (Å²) in [5, 5.41) is 0. The molecule has 0 aliphatic carbocycles. The lowest BCUT2D eigenvalue weighted by molar-refractivity contribution is -0.113. The van der Waals surface area contributed by atoms with Crippen molar-refractivity contribution in [2.45, 2.75) is 32.6 Å². The van der Waals surface area contributed by atoms with E-state index >= 15 is 0 Å². The van der Waals surface area contributed by atoms with Gasteiger partial charge in [-0.3, -0.25) is 4.79 Å².